The van der Waals surface area contributed by atoms with Crippen LogP contribution in [0.4, 0.5) is 13.2 Å². The van der Waals surface area contributed by atoms with Crippen molar-refractivity contribution < 1.29 is 13.2 Å². The summed E-state index contributed by atoms with van der Waals surface area (Å²) in [5.41, 5.74) is 0.375. The Hall–Kier alpha value is -2.04. The molecule has 2 aliphatic heterocycles. The molecule has 1 atom stereocenters. The fourth-order valence-electron chi connectivity index (χ4n) is 2.21. The van der Waals surface area contributed by atoms with Crippen LogP contribution >= 0.6 is 0 Å². The Morgan fingerprint density at radius 3 is 2.53 bits per heavy atom. The first-order valence-corrected chi connectivity index (χ1v) is 5.90. The topological polar surface area (TPSA) is 15.6 Å². The largest absolute Gasteiger partial charge is 0.417 e. The van der Waals surface area contributed by atoms with Gasteiger partial charge < -0.3 is 4.90 Å². The Balaban J connectivity index is 1.85. The van der Waals surface area contributed by atoms with Crippen molar-refractivity contribution in [3.63, 3.8) is 0 Å². The standard InChI is InChI=1S/C14H11F3N2/c15-14(16,17)11-6-7-13-18-12(9-19(13)8-11)10-4-2-1-3-5-10/h1-8,12H,9H2/t12-/m0/s1. The van der Waals surface area contributed by atoms with Crippen LogP contribution < -0.4 is 0 Å². The molecule has 0 N–H and O–H groups in total. The molecule has 0 fully saturated rings. The van der Waals surface area contributed by atoms with Gasteiger partial charge in [0.1, 0.15) is 5.84 Å². The van der Waals surface area contributed by atoms with Crippen molar-refractivity contribution >= 4 is 5.84 Å². The van der Waals surface area contributed by atoms with Gasteiger partial charge in [0, 0.05) is 6.20 Å². The summed E-state index contributed by atoms with van der Waals surface area (Å²) in [6.45, 7) is 0.448. The van der Waals surface area contributed by atoms with Crippen molar-refractivity contribution in [3.05, 3.63) is 59.8 Å². The number of allylic oxidation sites excluding steroid dienone is 2. The average Bonchev–Trinajstić information content (AvgIpc) is 2.81. The first kappa shape index (κ1) is 12.0. The van der Waals surface area contributed by atoms with Crippen molar-refractivity contribution in [3.8, 4) is 0 Å². The van der Waals surface area contributed by atoms with Crippen molar-refractivity contribution in [1.29, 1.82) is 0 Å². The lowest BCUT2D eigenvalue weighted by molar-refractivity contribution is -0.0890. The van der Waals surface area contributed by atoms with E-state index in [-0.39, 0.29) is 6.04 Å². The predicted octanol–water partition coefficient (Wildman–Crippen LogP) is 3.46. The number of hydrogen-bond donors (Lipinski definition) is 0. The van der Waals surface area contributed by atoms with Gasteiger partial charge >= 0.3 is 6.18 Å². The summed E-state index contributed by atoms with van der Waals surface area (Å²) in [4.78, 5) is 6.00. The number of rotatable bonds is 1. The molecule has 0 bridgehead atoms. The third kappa shape index (κ3) is 2.28. The lowest BCUT2D eigenvalue weighted by Crippen LogP contribution is -2.26. The second-order valence-electron chi connectivity index (χ2n) is 4.48. The van der Waals surface area contributed by atoms with E-state index < -0.39 is 11.7 Å². The summed E-state index contributed by atoms with van der Waals surface area (Å²) in [7, 11) is 0. The van der Waals surface area contributed by atoms with Crippen molar-refractivity contribution in [2.24, 2.45) is 4.99 Å². The molecule has 1 aromatic rings. The summed E-state index contributed by atoms with van der Waals surface area (Å²) in [5.74, 6) is 0.585. The third-order valence-electron chi connectivity index (χ3n) is 3.17. The van der Waals surface area contributed by atoms with Crippen LogP contribution in [0.2, 0.25) is 0 Å². The van der Waals surface area contributed by atoms with Gasteiger partial charge in [-0.25, -0.2) is 0 Å². The third-order valence-corrected chi connectivity index (χ3v) is 3.17. The molecule has 1 aromatic carbocycles. The Morgan fingerprint density at radius 1 is 1.11 bits per heavy atom. The quantitative estimate of drug-likeness (QED) is 0.758. The van der Waals surface area contributed by atoms with Crippen LogP contribution in [0.15, 0.2) is 59.2 Å². The maximum atomic E-state index is 12.6. The lowest BCUT2D eigenvalue weighted by Gasteiger charge is -2.20. The van der Waals surface area contributed by atoms with Crippen LogP contribution in [0, 0.1) is 0 Å². The van der Waals surface area contributed by atoms with Crippen molar-refractivity contribution in [2.45, 2.75) is 12.2 Å². The molecular formula is C14H11F3N2. The van der Waals surface area contributed by atoms with E-state index >= 15 is 0 Å². The normalized spacial score (nSPS) is 22.1. The molecule has 0 spiro atoms. The Bertz CT molecular complexity index is 570. The minimum absolute atomic E-state index is 0.107. The molecule has 19 heavy (non-hydrogen) atoms. The summed E-state index contributed by atoms with van der Waals surface area (Å²) in [5, 5.41) is 0. The van der Waals surface area contributed by atoms with Gasteiger partial charge in [-0.2, -0.15) is 13.2 Å². The zero-order chi connectivity index (χ0) is 13.5. The van der Waals surface area contributed by atoms with Gasteiger partial charge in [0.25, 0.3) is 0 Å². The second kappa shape index (κ2) is 4.26. The highest BCUT2D eigenvalue weighted by Crippen LogP contribution is 2.33. The van der Waals surface area contributed by atoms with E-state index in [9.17, 15) is 13.2 Å². The van der Waals surface area contributed by atoms with E-state index in [0.29, 0.717) is 12.4 Å². The molecule has 5 heteroatoms. The highest BCUT2D eigenvalue weighted by Gasteiger charge is 2.36. The van der Waals surface area contributed by atoms with Gasteiger partial charge in [0.05, 0.1) is 18.2 Å². The molecule has 0 radical (unpaired) electrons. The predicted molar refractivity (Wildman–Crippen MR) is 66.6 cm³/mol. The van der Waals surface area contributed by atoms with Gasteiger partial charge in [-0.05, 0) is 17.7 Å². The minimum atomic E-state index is -4.31. The number of hydrogen-bond acceptors (Lipinski definition) is 2. The summed E-state index contributed by atoms with van der Waals surface area (Å²) in [6.07, 6.45) is -0.691. The van der Waals surface area contributed by atoms with Gasteiger partial charge in [0.15, 0.2) is 0 Å². The Kier molecular flexibility index (Phi) is 2.69. The average molecular weight is 264 g/mol. The molecule has 0 amide bonds. The number of alkyl halides is 3. The number of benzene rings is 1. The molecular weight excluding hydrogens is 253 g/mol. The summed E-state index contributed by atoms with van der Waals surface area (Å²) >= 11 is 0. The maximum Gasteiger partial charge on any atom is 0.417 e. The lowest BCUT2D eigenvalue weighted by atomic mass is 10.1. The minimum Gasteiger partial charge on any atom is -0.330 e. The molecule has 98 valence electrons. The number of halogens is 3. The fraction of sp³-hybridized carbons (Fsp3) is 0.214. The van der Waals surface area contributed by atoms with Crippen LogP contribution in [0.3, 0.4) is 0 Å². The van der Waals surface area contributed by atoms with Gasteiger partial charge in [0.2, 0.25) is 0 Å². The molecule has 2 aliphatic rings. The molecule has 2 nitrogen and oxygen atoms in total. The Labute approximate surface area is 108 Å². The van der Waals surface area contributed by atoms with E-state index in [1.54, 1.807) is 4.90 Å². The van der Waals surface area contributed by atoms with Crippen molar-refractivity contribution in [2.75, 3.05) is 6.54 Å². The maximum absolute atomic E-state index is 12.6. The highest BCUT2D eigenvalue weighted by atomic mass is 19.4. The fourth-order valence-corrected chi connectivity index (χ4v) is 2.21. The SMILES string of the molecule is FC(F)(F)C1=CN2C[C@@H](c3ccccc3)N=C2C=C1. The first-order chi connectivity index (χ1) is 9.04. The van der Waals surface area contributed by atoms with E-state index in [2.05, 4.69) is 4.99 Å². The monoisotopic (exact) mass is 264 g/mol. The number of fused-ring (bicyclic) bond motifs is 1. The summed E-state index contributed by atoms with van der Waals surface area (Å²) < 4.78 is 37.9. The smallest absolute Gasteiger partial charge is 0.330 e. The van der Waals surface area contributed by atoms with E-state index in [4.69, 9.17) is 0 Å². The molecule has 3 rings (SSSR count). The van der Waals surface area contributed by atoms with Crippen molar-refractivity contribution in [1.82, 2.24) is 4.90 Å². The second-order valence-corrected chi connectivity index (χ2v) is 4.48. The molecule has 0 saturated heterocycles. The zero-order valence-corrected chi connectivity index (χ0v) is 9.93. The molecule has 0 saturated carbocycles. The van der Waals surface area contributed by atoms with Gasteiger partial charge in [-0.3, -0.25) is 4.99 Å². The molecule has 0 unspecified atom stereocenters. The van der Waals surface area contributed by atoms with Crippen LogP contribution in [0.5, 0.6) is 0 Å². The van der Waals surface area contributed by atoms with Crippen LogP contribution in [0.1, 0.15) is 11.6 Å². The van der Waals surface area contributed by atoms with E-state index in [1.807, 2.05) is 30.3 Å². The van der Waals surface area contributed by atoms with Crippen LogP contribution in [0.25, 0.3) is 0 Å². The highest BCUT2D eigenvalue weighted by molar-refractivity contribution is 5.96. The van der Waals surface area contributed by atoms with Crippen LogP contribution in [-0.4, -0.2) is 23.5 Å². The van der Waals surface area contributed by atoms with Gasteiger partial charge in [-0.1, -0.05) is 30.3 Å². The molecule has 0 aliphatic carbocycles. The molecule has 0 aromatic heterocycles. The number of aliphatic imine (C=N–C) groups is 1. The Morgan fingerprint density at radius 2 is 1.84 bits per heavy atom. The summed E-state index contributed by atoms with van der Waals surface area (Å²) in [6, 6.07) is 9.47. The van der Waals surface area contributed by atoms with Crippen LogP contribution in [-0.2, 0) is 0 Å². The van der Waals surface area contributed by atoms with Gasteiger partial charge in [-0.15, -0.1) is 0 Å². The van der Waals surface area contributed by atoms with E-state index in [1.165, 1.54) is 6.08 Å². The first-order valence-electron chi connectivity index (χ1n) is 5.90. The molecule has 2 heterocycles. The number of nitrogens with zero attached hydrogens (tertiary/aromatic N) is 2. The van der Waals surface area contributed by atoms with E-state index in [0.717, 1.165) is 17.8 Å². The zero-order valence-electron chi connectivity index (χ0n) is 9.93. The number of amidine groups is 1.